The molecule has 0 bridgehead atoms. The Hall–Kier alpha value is -2.63. The molecule has 138 valence electrons. The van der Waals surface area contributed by atoms with Crippen LogP contribution in [0, 0.1) is 6.92 Å². The second-order valence-electron chi connectivity index (χ2n) is 6.85. The van der Waals surface area contributed by atoms with Crippen LogP contribution in [0.1, 0.15) is 43.4 Å². The second-order valence-corrected chi connectivity index (χ2v) is 6.85. The van der Waals surface area contributed by atoms with Crippen LogP contribution in [0.5, 0.6) is 0 Å². The summed E-state index contributed by atoms with van der Waals surface area (Å²) in [5, 5.41) is 6.49. The fraction of sp³-hybridized carbons (Fsp3) is 0.450. The van der Waals surface area contributed by atoms with Gasteiger partial charge in [0.2, 0.25) is 11.8 Å². The van der Waals surface area contributed by atoms with E-state index in [0.717, 1.165) is 31.2 Å². The van der Waals surface area contributed by atoms with Crippen LogP contribution < -0.4 is 5.32 Å². The van der Waals surface area contributed by atoms with E-state index in [-0.39, 0.29) is 24.4 Å². The van der Waals surface area contributed by atoms with Gasteiger partial charge in [-0.2, -0.15) is 0 Å². The first-order valence-electron chi connectivity index (χ1n) is 9.18. The number of amides is 2. The van der Waals surface area contributed by atoms with Gasteiger partial charge < -0.3 is 14.7 Å². The molecule has 0 spiro atoms. The van der Waals surface area contributed by atoms with Crippen LogP contribution in [-0.4, -0.2) is 34.5 Å². The number of benzene rings is 1. The van der Waals surface area contributed by atoms with E-state index in [4.69, 9.17) is 4.52 Å². The van der Waals surface area contributed by atoms with Crippen LogP contribution in [0.15, 0.2) is 40.9 Å². The standard InChI is InChI=1S/C20H25N3O3/c1-15-12-18(22-26-15)21-19(24)14-23(17-10-6-3-7-11-17)20(25)13-16-8-4-2-5-9-16/h2,4-5,8-9,12,17H,3,6-7,10-11,13-14H2,1H3,(H,21,22,24). The second kappa shape index (κ2) is 8.65. The van der Waals surface area contributed by atoms with E-state index < -0.39 is 0 Å². The highest BCUT2D eigenvalue weighted by Gasteiger charge is 2.27. The van der Waals surface area contributed by atoms with Gasteiger partial charge in [0.15, 0.2) is 5.82 Å². The number of nitrogens with zero attached hydrogens (tertiary/aromatic N) is 2. The molecule has 0 unspecified atom stereocenters. The Morgan fingerprint density at radius 2 is 1.92 bits per heavy atom. The van der Waals surface area contributed by atoms with Gasteiger partial charge in [0.05, 0.1) is 6.42 Å². The van der Waals surface area contributed by atoms with Crippen molar-refractivity contribution in [2.24, 2.45) is 0 Å². The summed E-state index contributed by atoms with van der Waals surface area (Å²) in [5.74, 6) is 0.760. The number of aryl methyl sites for hydroxylation is 1. The maximum absolute atomic E-state index is 12.9. The lowest BCUT2D eigenvalue weighted by molar-refractivity contribution is -0.137. The lowest BCUT2D eigenvalue weighted by atomic mass is 9.93. The van der Waals surface area contributed by atoms with E-state index in [0.29, 0.717) is 18.0 Å². The van der Waals surface area contributed by atoms with Crippen LogP contribution in [-0.2, 0) is 16.0 Å². The van der Waals surface area contributed by atoms with Crippen LogP contribution in [0.3, 0.4) is 0 Å². The minimum atomic E-state index is -0.245. The minimum Gasteiger partial charge on any atom is -0.360 e. The Morgan fingerprint density at radius 3 is 2.58 bits per heavy atom. The molecule has 1 saturated carbocycles. The van der Waals surface area contributed by atoms with Crippen LogP contribution >= 0.6 is 0 Å². The Bertz CT molecular complexity index is 736. The highest BCUT2D eigenvalue weighted by molar-refractivity contribution is 5.94. The summed E-state index contributed by atoms with van der Waals surface area (Å²) in [7, 11) is 0. The molecular formula is C20H25N3O3. The molecule has 1 aliphatic rings. The van der Waals surface area contributed by atoms with Gasteiger partial charge >= 0.3 is 0 Å². The molecule has 1 heterocycles. The van der Waals surface area contributed by atoms with Crippen molar-refractivity contribution in [3.63, 3.8) is 0 Å². The quantitative estimate of drug-likeness (QED) is 0.862. The average Bonchev–Trinajstić information content (AvgIpc) is 3.06. The van der Waals surface area contributed by atoms with Gasteiger partial charge in [-0.05, 0) is 25.3 Å². The predicted molar refractivity (Wildman–Crippen MR) is 98.6 cm³/mol. The van der Waals surface area contributed by atoms with Crippen molar-refractivity contribution in [2.45, 2.75) is 51.5 Å². The number of nitrogens with one attached hydrogen (secondary N) is 1. The molecule has 0 aliphatic heterocycles. The monoisotopic (exact) mass is 355 g/mol. The number of aromatic nitrogens is 1. The maximum atomic E-state index is 12.9. The molecule has 0 saturated heterocycles. The fourth-order valence-corrected chi connectivity index (χ4v) is 3.45. The molecule has 1 aromatic carbocycles. The van der Waals surface area contributed by atoms with Crippen molar-refractivity contribution in [1.82, 2.24) is 10.1 Å². The molecule has 2 amide bonds. The summed E-state index contributed by atoms with van der Waals surface area (Å²) in [4.78, 5) is 27.1. The normalized spacial score (nSPS) is 14.8. The largest absolute Gasteiger partial charge is 0.360 e. The van der Waals surface area contributed by atoms with E-state index in [2.05, 4.69) is 10.5 Å². The third-order valence-electron chi connectivity index (χ3n) is 4.74. The summed E-state index contributed by atoms with van der Waals surface area (Å²) in [6.45, 7) is 1.81. The number of carbonyl (C=O) groups excluding carboxylic acids is 2. The topological polar surface area (TPSA) is 75.4 Å². The fourth-order valence-electron chi connectivity index (χ4n) is 3.45. The van der Waals surface area contributed by atoms with Crippen molar-refractivity contribution < 1.29 is 14.1 Å². The van der Waals surface area contributed by atoms with Crippen molar-refractivity contribution >= 4 is 17.6 Å². The smallest absolute Gasteiger partial charge is 0.245 e. The van der Waals surface area contributed by atoms with E-state index in [1.807, 2.05) is 30.3 Å². The van der Waals surface area contributed by atoms with Crippen molar-refractivity contribution in [3.8, 4) is 0 Å². The molecule has 2 aromatic rings. The van der Waals surface area contributed by atoms with E-state index >= 15 is 0 Å². The maximum Gasteiger partial charge on any atom is 0.245 e. The van der Waals surface area contributed by atoms with E-state index in [1.54, 1.807) is 17.9 Å². The summed E-state index contributed by atoms with van der Waals surface area (Å²) in [6, 6.07) is 11.4. The van der Waals surface area contributed by atoms with Gasteiger partial charge in [0, 0.05) is 12.1 Å². The minimum absolute atomic E-state index is 0.00502. The molecule has 1 N–H and O–H groups in total. The van der Waals surface area contributed by atoms with Gasteiger partial charge in [0.25, 0.3) is 0 Å². The third kappa shape index (κ3) is 4.94. The molecule has 26 heavy (non-hydrogen) atoms. The van der Waals surface area contributed by atoms with Gasteiger partial charge in [-0.25, -0.2) is 0 Å². The summed E-state index contributed by atoms with van der Waals surface area (Å²) in [6.07, 6.45) is 5.62. The number of hydrogen-bond acceptors (Lipinski definition) is 4. The van der Waals surface area contributed by atoms with Crippen molar-refractivity contribution in [1.29, 1.82) is 0 Å². The summed E-state index contributed by atoms with van der Waals surface area (Å²) in [5.41, 5.74) is 0.964. The number of hydrogen-bond donors (Lipinski definition) is 1. The zero-order chi connectivity index (χ0) is 18.4. The lowest BCUT2D eigenvalue weighted by Crippen LogP contribution is -2.46. The molecule has 1 fully saturated rings. The molecule has 6 heteroatoms. The van der Waals surface area contributed by atoms with Gasteiger partial charge in [0.1, 0.15) is 12.3 Å². The Balaban J connectivity index is 1.67. The summed E-state index contributed by atoms with van der Waals surface area (Å²) < 4.78 is 4.97. The van der Waals surface area contributed by atoms with Crippen molar-refractivity contribution in [3.05, 3.63) is 47.7 Å². The predicted octanol–water partition coefficient (Wildman–Crippen LogP) is 3.33. The Kier molecular flexibility index (Phi) is 6.04. The third-order valence-corrected chi connectivity index (χ3v) is 4.74. The summed E-state index contributed by atoms with van der Waals surface area (Å²) >= 11 is 0. The van der Waals surface area contributed by atoms with Crippen LogP contribution in [0.25, 0.3) is 0 Å². The molecule has 1 aromatic heterocycles. The number of anilines is 1. The van der Waals surface area contributed by atoms with Gasteiger partial charge in [-0.15, -0.1) is 0 Å². The number of rotatable bonds is 6. The Labute approximate surface area is 153 Å². The molecular weight excluding hydrogens is 330 g/mol. The van der Waals surface area contributed by atoms with Crippen LogP contribution in [0.2, 0.25) is 0 Å². The highest BCUT2D eigenvalue weighted by Crippen LogP contribution is 2.23. The number of carbonyl (C=O) groups is 2. The van der Waals surface area contributed by atoms with Crippen molar-refractivity contribution in [2.75, 3.05) is 11.9 Å². The Morgan fingerprint density at radius 1 is 1.19 bits per heavy atom. The van der Waals surface area contributed by atoms with Crippen LogP contribution in [0.4, 0.5) is 5.82 Å². The molecule has 0 atom stereocenters. The first-order chi connectivity index (χ1) is 12.6. The first kappa shape index (κ1) is 18.2. The van der Waals surface area contributed by atoms with Gasteiger partial charge in [-0.1, -0.05) is 54.8 Å². The molecule has 0 radical (unpaired) electrons. The molecule has 1 aliphatic carbocycles. The van der Waals surface area contributed by atoms with E-state index in [9.17, 15) is 9.59 Å². The molecule has 6 nitrogen and oxygen atoms in total. The average molecular weight is 355 g/mol. The first-order valence-corrected chi connectivity index (χ1v) is 9.18. The zero-order valence-electron chi connectivity index (χ0n) is 15.1. The SMILES string of the molecule is Cc1cc(NC(=O)CN(C(=O)Cc2ccccc2)C2CCCCC2)no1. The zero-order valence-corrected chi connectivity index (χ0v) is 15.1. The highest BCUT2D eigenvalue weighted by atomic mass is 16.5. The van der Waals surface area contributed by atoms with E-state index in [1.165, 1.54) is 6.42 Å². The lowest BCUT2D eigenvalue weighted by Gasteiger charge is -2.34. The van der Waals surface area contributed by atoms with Gasteiger partial charge in [-0.3, -0.25) is 9.59 Å². The molecule has 3 rings (SSSR count).